The van der Waals surface area contributed by atoms with Crippen molar-refractivity contribution in [2.24, 2.45) is 0 Å². The third kappa shape index (κ3) is 2.85. The van der Waals surface area contributed by atoms with E-state index in [1.807, 2.05) is 0 Å². The molecule has 16 heavy (non-hydrogen) atoms. The molecule has 0 bridgehead atoms. The SMILES string of the molecule is CCCC(CNCC)n1nc(C)c(C)c1C. The second-order valence-corrected chi connectivity index (χ2v) is 4.49. The summed E-state index contributed by atoms with van der Waals surface area (Å²) in [4.78, 5) is 0. The molecule has 0 aliphatic heterocycles. The molecule has 0 radical (unpaired) electrons. The predicted molar refractivity (Wildman–Crippen MR) is 68.9 cm³/mol. The van der Waals surface area contributed by atoms with E-state index < -0.39 is 0 Å². The first kappa shape index (κ1) is 13.2. The normalized spacial score (nSPS) is 13.1. The minimum atomic E-state index is 0.498. The van der Waals surface area contributed by atoms with Crippen LogP contribution in [0, 0.1) is 20.8 Å². The second-order valence-electron chi connectivity index (χ2n) is 4.49. The van der Waals surface area contributed by atoms with Gasteiger partial charge in [0.15, 0.2) is 0 Å². The van der Waals surface area contributed by atoms with Crippen LogP contribution in [-0.2, 0) is 0 Å². The Balaban J connectivity index is 2.87. The van der Waals surface area contributed by atoms with Crippen LogP contribution in [-0.4, -0.2) is 22.9 Å². The summed E-state index contributed by atoms with van der Waals surface area (Å²) in [7, 11) is 0. The van der Waals surface area contributed by atoms with Crippen molar-refractivity contribution in [2.75, 3.05) is 13.1 Å². The van der Waals surface area contributed by atoms with Gasteiger partial charge < -0.3 is 5.32 Å². The summed E-state index contributed by atoms with van der Waals surface area (Å²) >= 11 is 0. The van der Waals surface area contributed by atoms with E-state index in [4.69, 9.17) is 0 Å². The van der Waals surface area contributed by atoms with Crippen molar-refractivity contribution in [3.05, 3.63) is 17.0 Å². The van der Waals surface area contributed by atoms with Crippen molar-refractivity contribution in [3.8, 4) is 0 Å². The molecule has 92 valence electrons. The molecule has 0 aliphatic rings. The lowest BCUT2D eigenvalue weighted by molar-refractivity contribution is 0.391. The molecule has 1 rings (SSSR count). The topological polar surface area (TPSA) is 29.9 Å². The summed E-state index contributed by atoms with van der Waals surface area (Å²) < 4.78 is 2.21. The van der Waals surface area contributed by atoms with Crippen LogP contribution in [0.1, 0.15) is 49.7 Å². The molecule has 0 fully saturated rings. The summed E-state index contributed by atoms with van der Waals surface area (Å²) in [5.41, 5.74) is 3.81. The van der Waals surface area contributed by atoms with Crippen LogP contribution in [0.3, 0.4) is 0 Å². The van der Waals surface area contributed by atoms with E-state index in [0.717, 1.165) is 18.8 Å². The Labute approximate surface area is 99.2 Å². The molecule has 0 spiro atoms. The lowest BCUT2D eigenvalue weighted by Crippen LogP contribution is -2.26. The third-order valence-corrected chi connectivity index (χ3v) is 3.28. The van der Waals surface area contributed by atoms with Crippen LogP contribution < -0.4 is 5.32 Å². The maximum atomic E-state index is 4.66. The number of hydrogen-bond donors (Lipinski definition) is 1. The smallest absolute Gasteiger partial charge is 0.0646 e. The van der Waals surface area contributed by atoms with Crippen LogP contribution in [0.15, 0.2) is 0 Å². The van der Waals surface area contributed by atoms with Gasteiger partial charge in [0, 0.05) is 12.2 Å². The third-order valence-electron chi connectivity index (χ3n) is 3.28. The molecule has 1 heterocycles. The molecule has 3 heteroatoms. The standard InChI is InChI=1S/C13H25N3/c1-6-8-13(9-14-7-2)16-12(5)10(3)11(4)15-16/h13-14H,6-9H2,1-5H3. The minimum absolute atomic E-state index is 0.498. The molecule has 0 amide bonds. The maximum absolute atomic E-state index is 4.66. The number of hydrogen-bond acceptors (Lipinski definition) is 2. The first-order chi connectivity index (χ1) is 7.61. The van der Waals surface area contributed by atoms with Gasteiger partial charge in [0.05, 0.1) is 11.7 Å². The van der Waals surface area contributed by atoms with Gasteiger partial charge >= 0.3 is 0 Å². The van der Waals surface area contributed by atoms with E-state index >= 15 is 0 Å². The summed E-state index contributed by atoms with van der Waals surface area (Å²) in [5.74, 6) is 0. The predicted octanol–water partition coefficient (Wildman–Crippen LogP) is 2.76. The van der Waals surface area contributed by atoms with E-state index in [2.05, 4.69) is 49.7 Å². The van der Waals surface area contributed by atoms with E-state index in [-0.39, 0.29) is 0 Å². The fourth-order valence-electron chi connectivity index (χ4n) is 2.06. The van der Waals surface area contributed by atoms with Gasteiger partial charge in [-0.25, -0.2) is 0 Å². The lowest BCUT2D eigenvalue weighted by atomic mass is 10.1. The largest absolute Gasteiger partial charge is 0.315 e. The van der Waals surface area contributed by atoms with E-state index in [1.54, 1.807) is 0 Å². The molecule has 0 aromatic carbocycles. The zero-order valence-electron chi connectivity index (χ0n) is 11.3. The van der Waals surface area contributed by atoms with Gasteiger partial charge in [-0.15, -0.1) is 0 Å². The maximum Gasteiger partial charge on any atom is 0.0646 e. The highest BCUT2D eigenvalue weighted by atomic mass is 15.3. The second kappa shape index (κ2) is 6.04. The Hall–Kier alpha value is -0.830. The van der Waals surface area contributed by atoms with Gasteiger partial charge in [0.25, 0.3) is 0 Å². The van der Waals surface area contributed by atoms with Crippen LogP contribution in [0.25, 0.3) is 0 Å². The highest BCUT2D eigenvalue weighted by molar-refractivity contribution is 5.22. The fraction of sp³-hybridized carbons (Fsp3) is 0.769. The van der Waals surface area contributed by atoms with Crippen LogP contribution in [0.4, 0.5) is 0 Å². The molecule has 3 nitrogen and oxygen atoms in total. The van der Waals surface area contributed by atoms with Gasteiger partial charge in [0.2, 0.25) is 0 Å². The highest BCUT2D eigenvalue weighted by Crippen LogP contribution is 2.19. The molecular weight excluding hydrogens is 198 g/mol. The Morgan fingerprint density at radius 1 is 1.25 bits per heavy atom. The number of likely N-dealkylation sites (N-methyl/N-ethyl adjacent to an activating group) is 1. The first-order valence-electron chi connectivity index (χ1n) is 6.34. The number of aromatic nitrogens is 2. The molecular formula is C13H25N3. The highest BCUT2D eigenvalue weighted by Gasteiger charge is 2.15. The molecule has 1 N–H and O–H groups in total. The number of nitrogens with zero attached hydrogens (tertiary/aromatic N) is 2. The summed E-state index contributed by atoms with van der Waals surface area (Å²) in [6.07, 6.45) is 2.39. The van der Waals surface area contributed by atoms with Crippen molar-refractivity contribution in [1.29, 1.82) is 0 Å². The molecule has 1 aromatic heterocycles. The number of nitrogens with one attached hydrogen (secondary N) is 1. The van der Waals surface area contributed by atoms with Gasteiger partial charge in [-0.2, -0.15) is 5.10 Å². The van der Waals surface area contributed by atoms with Gasteiger partial charge in [-0.05, 0) is 39.3 Å². The monoisotopic (exact) mass is 223 g/mol. The molecule has 0 saturated heterocycles. The van der Waals surface area contributed by atoms with Gasteiger partial charge in [0.1, 0.15) is 0 Å². The average Bonchev–Trinajstić information content (AvgIpc) is 2.52. The average molecular weight is 223 g/mol. The minimum Gasteiger partial charge on any atom is -0.315 e. The van der Waals surface area contributed by atoms with Crippen molar-refractivity contribution < 1.29 is 0 Å². The Kier molecular flexibility index (Phi) is 5.00. The van der Waals surface area contributed by atoms with Gasteiger partial charge in [-0.3, -0.25) is 4.68 Å². The van der Waals surface area contributed by atoms with E-state index in [0.29, 0.717) is 6.04 Å². The van der Waals surface area contributed by atoms with Crippen LogP contribution in [0.5, 0.6) is 0 Å². The number of rotatable bonds is 6. The summed E-state index contributed by atoms with van der Waals surface area (Å²) in [5, 5.41) is 8.09. The van der Waals surface area contributed by atoms with Gasteiger partial charge in [-0.1, -0.05) is 20.3 Å². The molecule has 1 atom stereocenters. The Bertz CT molecular complexity index is 328. The van der Waals surface area contributed by atoms with Crippen molar-refractivity contribution >= 4 is 0 Å². The van der Waals surface area contributed by atoms with Crippen LogP contribution >= 0.6 is 0 Å². The van der Waals surface area contributed by atoms with Crippen molar-refractivity contribution in [1.82, 2.24) is 15.1 Å². The number of aryl methyl sites for hydroxylation is 1. The molecule has 1 aromatic rings. The first-order valence-corrected chi connectivity index (χ1v) is 6.34. The lowest BCUT2D eigenvalue weighted by Gasteiger charge is -2.19. The van der Waals surface area contributed by atoms with Crippen LogP contribution in [0.2, 0.25) is 0 Å². The zero-order chi connectivity index (χ0) is 12.1. The quantitative estimate of drug-likeness (QED) is 0.803. The molecule has 0 aliphatic carbocycles. The summed E-state index contributed by atoms with van der Waals surface area (Å²) in [6.45, 7) is 12.8. The zero-order valence-corrected chi connectivity index (χ0v) is 11.3. The van der Waals surface area contributed by atoms with E-state index in [1.165, 1.54) is 24.1 Å². The Morgan fingerprint density at radius 2 is 1.94 bits per heavy atom. The fourth-order valence-corrected chi connectivity index (χ4v) is 2.06. The summed E-state index contributed by atoms with van der Waals surface area (Å²) in [6, 6.07) is 0.498. The van der Waals surface area contributed by atoms with E-state index in [9.17, 15) is 0 Å². The molecule has 0 saturated carbocycles. The van der Waals surface area contributed by atoms with Crippen molar-refractivity contribution in [3.63, 3.8) is 0 Å². The molecule has 1 unspecified atom stereocenters. The Morgan fingerprint density at radius 3 is 2.38 bits per heavy atom. The van der Waals surface area contributed by atoms with Crippen molar-refractivity contribution in [2.45, 2.75) is 53.5 Å².